The van der Waals surface area contributed by atoms with Gasteiger partial charge in [0.15, 0.2) is 5.82 Å². The number of nitrogens with zero attached hydrogens (tertiary/aromatic N) is 5. The van der Waals surface area contributed by atoms with Gasteiger partial charge in [0.25, 0.3) is 0 Å². The Kier molecular flexibility index (Phi) is 4.22. The molecule has 84 valence electrons. The number of hydrogen-bond donors (Lipinski definition) is 0. The van der Waals surface area contributed by atoms with Gasteiger partial charge in [-0.05, 0) is 10.4 Å². The highest BCUT2D eigenvalue weighted by Gasteiger charge is 2.11. The molecule has 0 aliphatic carbocycles. The van der Waals surface area contributed by atoms with Crippen LogP contribution in [0.4, 0.5) is 0 Å². The highest BCUT2D eigenvalue weighted by molar-refractivity contribution is 7.99. The van der Waals surface area contributed by atoms with Crippen LogP contribution in [0, 0.1) is 0 Å². The van der Waals surface area contributed by atoms with Crippen LogP contribution < -0.4 is 0 Å². The van der Waals surface area contributed by atoms with E-state index >= 15 is 0 Å². The summed E-state index contributed by atoms with van der Waals surface area (Å²) in [6.07, 6.45) is 0. The monoisotopic (exact) mass is 247 g/mol. The molecule has 0 saturated carbocycles. The zero-order chi connectivity index (χ0) is 10.5. The van der Waals surface area contributed by atoms with Crippen molar-refractivity contribution in [2.75, 3.05) is 31.1 Å². The number of aromatic nitrogens is 4. The van der Waals surface area contributed by atoms with E-state index in [0.717, 1.165) is 18.9 Å². The maximum Gasteiger partial charge on any atom is 0.166 e. The van der Waals surface area contributed by atoms with E-state index in [1.807, 2.05) is 11.8 Å². The van der Waals surface area contributed by atoms with Crippen LogP contribution >= 0.6 is 23.4 Å². The molecule has 1 fully saturated rings. The summed E-state index contributed by atoms with van der Waals surface area (Å²) in [7, 11) is 0. The maximum atomic E-state index is 5.71. The van der Waals surface area contributed by atoms with Crippen molar-refractivity contribution in [2.45, 2.75) is 12.4 Å². The van der Waals surface area contributed by atoms with Crippen molar-refractivity contribution in [3.8, 4) is 0 Å². The number of hydrogen-bond acceptors (Lipinski definition) is 5. The van der Waals surface area contributed by atoms with Crippen LogP contribution in [0.25, 0.3) is 0 Å². The molecule has 0 spiro atoms. The van der Waals surface area contributed by atoms with Crippen molar-refractivity contribution in [3.05, 3.63) is 5.82 Å². The molecule has 0 atom stereocenters. The van der Waals surface area contributed by atoms with Gasteiger partial charge in [-0.3, -0.25) is 4.90 Å². The van der Waals surface area contributed by atoms with Crippen LogP contribution in [-0.2, 0) is 12.4 Å². The van der Waals surface area contributed by atoms with Crippen LogP contribution in [0.1, 0.15) is 5.82 Å². The number of thioether (sulfide) groups is 1. The minimum absolute atomic E-state index is 0.378. The molecule has 0 N–H and O–H groups in total. The fourth-order valence-electron chi connectivity index (χ4n) is 1.55. The third-order valence-corrected chi connectivity index (χ3v) is 3.64. The molecule has 1 aromatic rings. The van der Waals surface area contributed by atoms with Gasteiger partial charge in [-0.1, -0.05) is 0 Å². The SMILES string of the molecule is ClCc1nnnn1CCN1CCSCC1. The molecule has 0 amide bonds. The summed E-state index contributed by atoms with van der Waals surface area (Å²) < 4.78 is 1.79. The summed E-state index contributed by atoms with van der Waals surface area (Å²) in [5.41, 5.74) is 0. The summed E-state index contributed by atoms with van der Waals surface area (Å²) in [6, 6.07) is 0. The number of halogens is 1. The molecular weight excluding hydrogens is 234 g/mol. The zero-order valence-corrected chi connectivity index (χ0v) is 10.0. The first-order valence-electron chi connectivity index (χ1n) is 5.01. The lowest BCUT2D eigenvalue weighted by Crippen LogP contribution is -2.35. The minimum Gasteiger partial charge on any atom is -0.300 e. The van der Waals surface area contributed by atoms with Crippen molar-refractivity contribution >= 4 is 23.4 Å². The molecule has 0 bridgehead atoms. The van der Waals surface area contributed by atoms with Crippen molar-refractivity contribution in [1.82, 2.24) is 25.1 Å². The summed E-state index contributed by atoms with van der Waals surface area (Å²) >= 11 is 7.73. The first-order chi connectivity index (χ1) is 7.40. The Bertz CT molecular complexity index is 299. The summed E-state index contributed by atoms with van der Waals surface area (Å²) in [4.78, 5) is 2.44. The van der Waals surface area contributed by atoms with E-state index in [-0.39, 0.29) is 0 Å². The summed E-state index contributed by atoms with van der Waals surface area (Å²) in [5, 5.41) is 11.4. The standard InChI is InChI=1S/C8H14ClN5S/c9-7-8-10-11-12-14(8)2-1-13-3-5-15-6-4-13/h1-7H2. The highest BCUT2D eigenvalue weighted by Crippen LogP contribution is 2.08. The van der Waals surface area contributed by atoms with E-state index < -0.39 is 0 Å². The molecule has 7 heteroatoms. The third-order valence-electron chi connectivity index (χ3n) is 2.46. The average Bonchev–Trinajstić information content (AvgIpc) is 2.75. The minimum atomic E-state index is 0.378. The van der Waals surface area contributed by atoms with Crippen molar-refractivity contribution in [3.63, 3.8) is 0 Å². The Labute approximate surface area is 98.1 Å². The smallest absolute Gasteiger partial charge is 0.166 e. The molecule has 1 saturated heterocycles. The van der Waals surface area contributed by atoms with Gasteiger partial charge in [0, 0.05) is 31.1 Å². The topological polar surface area (TPSA) is 46.8 Å². The molecule has 5 nitrogen and oxygen atoms in total. The quantitative estimate of drug-likeness (QED) is 0.724. The van der Waals surface area contributed by atoms with E-state index in [1.165, 1.54) is 24.6 Å². The van der Waals surface area contributed by atoms with E-state index in [9.17, 15) is 0 Å². The Morgan fingerprint density at radius 1 is 1.27 bits per heavy atom. The van der Waals surface area contributed by atoms with Crippen molar-refractivity contribution < 1.29 is 0 Å². The first-order valence-corrected chi connectivity index (χ1v) is 6.70. The predicted molar refractivity (Wildman–Crippen MR) is 61.1 cm³/mol. The third kappa shape index (κ3) is 3.06. The summed E-state index contributed by atoms with van der Waals surface area (Å²) in [5.74, 6) is 3.60. The molecule has 1 aliphatic heterocycles. The fraction of sp³-hybridized carbons (Fsp3) is 0.875. The Morgan fingerprint density at radius 3 is 2.80 bits per heavy atom. The lowest BCUT2D eigenvalue weighted by molar-refractivity contribution is 0.281. The first kappa shape index (κ1) is 11.2. The van der Waals surface area contributed by atoms with Gasteiger partial charge in [-0.25, -0.2) is 4.68 Å². The van der Waals surface area contributed by atoms with Gasteiger partial charge in [0.2, 0.25) is 0 Å². The van der Waals surface area contributed by atoms with Gasteiger partial charge >= 0.3 is 0 Å². The predicted octanol–water partition coefficient (Wildman–Crippen LogP) is 0.461. The normalized spacial score (nSPS) is 18.2. The molecule has 1 aliphatic rings. The van der Waals surface area contributed by atoms with Crippen molar-refractivity contribution in [2.24, 2.45) is 0 Å². The molecule has 0 aromatic carbocycles. The zero-order valence-electron chi connectivity index (χ0n) is 8.47. The van der Waals surface area contributed by atoms with Gasteiger partial charge in [0.1, 0.15) is 0 Å². The van der Waals surface area contributed by atoms with Gasteiger partial charge < -0.3 is 0 Å². The van der Waals surface area contributed by atoms with E-state index in [4.69, 9.17) is 11.6 Å². The van der Waals surface area contributed by atoms with E-state index in [1.54, 1.807) is 4.68 Å². The van der Waals surface area contributed by atoms with Crippen LogP contribution in [0.5, 0.6) is 0 Å². The molecule has 2 rings (SSSR count). The van der Waals surface area contributed by atoms with Crippen LogP contribution in [0.3, 0.4) is 0 Å². The molecule has 2 heterocycles. The van der Waals surface area contributed by atoms with Crippen molar-refractivity contribution in [1.29, 1.82) is 0 Å². The molecule has 0 unspecified atom stereocenters. The van der Waals surface area contributed by atoms with Crippen LogP contribution in [0.15, 0.2) is 0 Å². The van der Waals surface area contributed by atoms with E-state index in [0.29, 0.717) is 5.88 Å². The van der Waals surface area contributed by atoms with E-state index in [2.05, 4.69) is 20.4 Å². The molecule has 0 radical (unpaired) electrons. The Hall–Kier alpha value is -0.330. The summed E-state index contributed by atoms with van der Waals surface area (Å²) in [6.45, 7) is 4.18. The number of rotatable bonds is 4. The molecular formula is C8H14ClN5S. The second-order valence-corrected chi connectivity index (χ2v) is 4.90. The number of alkyl halides is 1. The lowest BCUT2D eigenvalue weighted by Gasteiger charge is -2.25. The molecule has 1 aromatic heterocycles. The average molecular weight is 248 g/mol. The van der Waals surface area contributed by atoms with Gasteiger partial charge in [0.05, 0.1) is 12.4 Å². The Morgan fingerprint density at radius 2 is 2.07 bits per heavy atom. The second kappa shape index (κ2) is 5.67. The largest absolute Gasteiger partial charge is 0.300 e. The second-order valence-electron chi connectivity index (χ2n) is 3.41. The van der Waals surface area contributed by atoms with Gasteiger partial charge in [-0.15, -0.1) is 16.7 Å². The van der Waals surface area contributed by atoms with Gasteiger partial charge in [-0.2, -0.15) is 11.8 Å². The molecule has 15 heavy (non-hydrogen) atoms. The number of tetrazole rings is 1. The Balaban J connectivity index is 1.81. The van der Waals surface area contributed by atoms with Crippen LogP contribution in [-0.4, -0.2) is 56.2 Å². The maximum absolute atomic E-state index is 5.71. The fourth-order valence-corrected chi connectivity index (χ4v) is 2.72. The lowest BCUT2D eigenvalue weighted by atomic mass is 10.4. The van der Waals surface area contributed by atoms with Crippen LogP contribution in [0.2, 0.25) is 0 Å². The highest BCUT2D eigenvalue weighted by atomic mass is 35.5.